The van der Waals surface area contributed by atoms with E-state index in [2.05, 4.69) is 10.4 Å². The van der Waals surface area contributed by atoms with Gasteiger partial charge in [0.25, 0.3) is 0 Å². The molecule has 3 aromatic carbocycles. The van der Waals surface area contributed by atoms with E-state index < -0.39 is 5.69 Å². The topological polar surface area (TPSA) is 81.3 Å². The maximum absolute atomic E-state index is 13.2. The summed E-state index contributed by atoms with van der Waals surface area (Å²) >= 11 is 7.39. The minimum Gasteiger partial charge on any atom is -0.324 e. The number of rotatable bonds is 5. The Balaban J connectivity index is 1.56. The van der Waals surface area contributed by atoms with Gasteiger partial charge < -0.3 is 5.32 Å². The third kappa shape index (κ3) is 3.98. The van der Waals surface area contributed by atoms with Crippen molar-refractivity contribution in [1.29, 1.82) is 0 Å². The van der Waals surface area contributed by atoms with Crippen LogP contribution in [-0.2, 0) is 11.3 Å². The molecule has 2 heterocycles. The zero-order chi connectivity index (χ0) is 22.1. The first kappa shape index (κ1) is 20.3. The fourth-order valence-electron chi connectivity index (χ4n) is 3.34. The van der Waals surface area contributed by atoms with E-state index in [-0.39, 0.29) is 12.5 Å². The number of halogens is 1. The normalized spacial score (nSPS) is 11.2. The molecule has 0 radical (unpaired) electrons. The van der Waals surface area contributed by atoms with Gasteiger partial charge in [0.1, 0.15) is 11.6 Å². The highest BCUT2D eigenvalue weighted by Crippen LogP contribution is 2.30. The number of hydrogen-bond donors (Lipinski definition) is 1. The molecule has 0 atom stereocenters. The van der Waals surface area contributed by atoms with E-state index in [9.17, 15) is 9.59 Å². The van der Waals surface area contributed by atoms with Crippen molar-refractivity contribution in [3.05, 3.63) is 94.4 Å². The fraction of sp³-hybridized carbons (Fsp3) is 0.0435. The van der Waals surface area contributed by atoms with Crippen LogP contribution < -0.4 is 11.0 Å². The number of anilines is 1. The van der Waals surface area contributed by atoms with Crippen molar-refractivity contribution in [3.8, 4) is 0 Å². The predicted molar refractivity (Wildman–Crippen MR) is 125 cm³/mol. The van der Waals surface area contributed by atoms with Gasteiger partial charge >= 0.3 is 5.69 Å². The summed E-state index contributed by atoms with van der Waals surface area (Å²) in [5, 5.41) is 8.29. The molecule has 0 aliphatic carbocycles. The first-order valence-electron chi connectivity index (χ1n) is 9.75. The lowest BCUT2D eigenvalue weighted by Crippen LogP contribution is -2.28. The number of nitrogens with zero attached hydrogens (tertiary/aromatic N) is 4. The minimum atomic E-state index is -0.408. The van der Waals surface area contributed by atoms with E-state index in [1.807, 2.05) is 54.6 Å². The van der Waals surface area contributed by atoms with E-state index in [0.29, 0.717) is 32.4 Å². The van der Waals surface area contributed by atoms with Crippen molar-refractivity contribution in [2.24, 2.45) is 0 Å². The molecule has 0 saturated carbocycles. The molecule has 0 aliphatic rings. The minimum absolute atomic E-state index is 0.239. The first-order chi connectivity index (χ1) is 15.6. The summed E-state index contributed by atoms with van der Waals surface area (Å²) in [6, 6.07) is 23.9. The third-order valence-corrected chi connectivity index (χ3v) is 5.94. The van der Waals surface area contributed by atoms with Gasteiger partial charge in [-0.25, -0.2) is 18.9 Å². The summed E-state index contributed by atoms with van der Waals surface area (Å²) in [7, 11) is 0. The van der Waals surface area contributed by atoms with Gasteiger partial charge in [-0.15, -0.1) is 5.10 Å². The second-order valence-electron chi connectivity index (χ2n) is 6.98. The highest BCUT2D eigenvalue weighted by molar-refractivity contribution is 7.99. The van der Waals surface area contributed by atoms with Gasteiger partial charge in [-0.05, 0) is 42.5 Å². The van der Waals surface area contributed by atoms with Crippen LogP contribution in [0.15, 0.2) is 93.6 Å². The predicted octanol–water partition coefficient (Wildman–Crippen LogP) is 4.49. The van der Waals surface area contributed by atoms with Gasteiger partial charge in [-0.2, -0.15) is 0 Å². The number of carbonyl (C=O) groups is 1. The molecule has 158 valence electrons. The van der Waals surface area contributed by atoms with Crippen molar-refractivity contribution in [1.82, 2.24) is 19.2 Å². The van der Waals surface area contributed by atoms with E-state index in [1.54, 1.807) is 24.3 Å². The number of carbonyl (C=O) groups excluding carboxylic acids is 1. The Hall–Kier alpha value is -3.62. The summed E-state index contributed by atoms with van der Waals surface area (Å²) in [5.41, 5.74) is 1.84. The number of para-hydroxylation sites is 2. The van der Waals surface area contributed by atoms with Crippen molar-refractivity contribution in [2.75, 3.05) is 5.32 Å². The standard InChI is InChI=1S/C23H16ClN5O2S/c24-15-7-6-8-16(13-15)25-20(30)14-28-23(31)29-19-12-5-4-11-18(19)26-22(21(29)27-28)32-17-9-2-1-3-10-17/h1-13H,14H2,(H,25,30). The zero-order valence-corrected chi connectivity index (χ0v) is 18.2. The Bertz CT molecular complexity index is 1510. The lowest BCUT2D eigenvalue weighted by molar-refractivity contribution is -0.117. The molecule has 0 fully saturated rings. The number of amides is 1. The molecular weight excluding hydrogens is 446 g/mol. The van der Waals surface area contributed by atoms with Crippen molar-refractivity contribution < 1.29 is 4.79 Å². The number of aromatic nitrogens is 4. The Kier molecular flexibility index (Phi) is 5.38. The van der Waals surface area contributed by atoms with E-state index in [1.165, 1.54) is 16.2 Å². The molecule has 32 heavy (non-hydrogen) atoms. The molecule has 0 aliphatic heterocycles. The van der Waals surface area contributed by atoms with Crippen LogP contribution in [0.4, 0.5) is 5.69 Å². The number of fused-ring (bicyclic) bond motifs is 3. The van der Waals surface area contributed by atoms with Crippen LogP contribution in [0.2, 0.25) is 5.02 Å². The lowest BCUT2D eigenvalue weighted by Gasteiger charge is -2.05. The molecule has 7 nitrogen and oxygen atoms in total. The summed E-state index contributed by atoms with van der Waals surface area (Å²) < 4.78 is 2.65. The van der Waals surface area contributed by atoms with Crippen LogP contribution in [0.5, 0.6) is 0 Å². The molecule has 0 spiro atoms. The van der Waals surface area contributed by atoms with Crippen LogP contribution >= 0.6 is 23.4 Å². The lowest BCUT2D eigenvalue weighted by atomic mass is 10.3. The van der Waals surface area contributed by atoms with Crippen LogP contribution in [0.1, 0.15) is 0 Å². The molecule has 5 rings (SSSR count). The Morgan fingerprint density at radius 2 is 1.78 bits per heavy atom. The van der Waals surface area contributed by atoms with Crippen LogP contribution in [0, 0.1) is 0 Å². The fourth-order valence-corrected chi connectivity index (χ4v) is 4.42. The Morgan fingerprint density at radius 1 is 1.00 bits per heavy atom. The Labute approximate surface area is 191 Å². The van der Waals surface area contributed by atoms with Gasteiger partial charge in [0, 0.05) is 15.6 Å². The smallest absolute Gasteiger partial charge is 0.324 e. The molecule has 1 amide bonds. The van der Waals surface area contributed by atoms with Crippen LogP contribution in [-0.4, -0.2) is 25.1 Å². The van der Waals surface area contributed by atoms with E-state index >= 15 is 0 Å². The average molecular weight is 462 g/mol. The molecule has 0 bridgehead atoms. The summed E-state index contributed by atoms with van der Waals surface area (Å²) in [6.45, 7) is -0.239. The third-order valence-electron chi connectivity index (χ3n) is 4.73. The molecule has 0 saturated heterocycles. The SMILES string of the molecule is O=C(Cn1nc2c(Sc3ccccc3)nc3ccccc3n2c1=O)Nc1cccc(Cl)c1. The van der Waals surface area contributed by atoms with Gasteiger partial charge in [-0.3, -0.25) is 4.79 Å². The van der Waals surface area contributed by atoms with Crippen LogP contribution in [0.25, 0.3) is 16.7 Å². The van der Waals surface area contributed by atoms with E-state index in [4.69, 9.17) is 16.6 Å². The van der Waals surface area contributed by atoms with Crippen LogP contribution in [0.3, 0.4) is 0 Å². The molecule has 1 N–H and O–H groups in total. The summed E-state index contributed by atoms with van der Waals surface area (Å²) in [6.07, 6.45) is 0. The Morgan fingerprint density at radius 3 is 2.59 bits per heavy atom. The summed E-state index contributed by atoms with van der Waals surface area (Å²) in [4.78, 5) is 31.5. The van der Waals surface area contributed by atoms with Gasteiger partial charge in [-0.1, -0.05) is 59.8 Å². The van der Waals surface area contributed by atoms with Gasteiger partial charge in [0.15, 0.2) is 5.65 Å². The van der Waals surface area contributed by atoms with Crippen molar-refractivity contribution >= 4 is 51.6 Å². The van der Waals surface area contributed by atoms with E-state index in [0.717, 1.165) is 9.58 Å². The highest BCUT2D eigenvalue weighted by atomic mass is 35.5. The van der Waals surface area contributed by atoms with Gasteiger partial charge in [0.05, 0.1) is 11.0 Å². The van der Waals surface area contributed by atoms with Crippen molar-refractivity contribution in [2.45, 2.75) is 16.5 Å². The second-order valence-corrected chi connectivity index (χ2v) is 8.48. The summed E-state index contributed by atoms with van der Waals surface area (Å²) in [5.74, 6) is -0.382. The first-order valence-corrected chi connectivity index (χ1v) is 10.9. The molecule has 2 aromatic heterocycles. The monoisotopic (exact) mass is 461 g/mol. The zero-order valence-electron chi connectivity index (χ0n) is 16.6. The molecule has 9 heteroatoms. The second kappa shape index (κ2) is 8.49. The number of nitrogens with one attached hydrogen (secondary N) is 1. The molecular formula is C23H16ClN5O2S. The molecule has 0 unspecified atom stereocenters. The molecule has 5 aromatic rings. The quantitative estimate of drug-likeness (QED) is 0.417. The highest BCUT2D eigenvalue weighted by Gasteiger charge is 2.18. The number of benzene rings is 3. The largest absolute Gasteiger partial charge is 0.351 e. The maximum atomic E-state index is 13.2. The van der Waals surface area contributed by atoms with Crippen molar-refractivity contribution in [3.63, 3.8) is 0 Å². The maximum Gasteiger partial charge on any atom is 0.351 e. The van der Waals surface area contributed by atoms with Gasteiger partial charge in [0.2, 0.25) is 5.91 Å². The number of hydrogen-bond acceptors (Lipinski definition) is 5. The average Bonchev–Trinajstić information content (AvgIpc) is 3.11.